The molecule has 3 aromatic rings. The first-order chi connectivity index (χ1) is 16.4. The smallest absolute Gasteiger partial charge is 0.241 e. The Balaban J connectivity index is 1.80. The molecule has 6 nitrogen and oxygen atoms in total. The lowest BCUT2D eigenvalue weighted by molar-refractivity contribution is -0.125. The van der Waals surface area contributed by atoms with Crippen LogP contribution in [0, 0.1) is 22.6 Å². The first-order valence-electron chi connectivity index (χ1n) is 10.6. The third kappa shape index (κ3) is 3.11. The predicted octanol–water partition coefficient (Wildman–Crippen LogP) is 4.12. The summed E-state index contributed by atoms with van der Waals surface area (Å²) in [5.74, 6) is -2.50. The van der Waals surface area contributed by atoms with Crippen molar-refractivity contribution < 1.29 is 14.0 Å². The first-order valence-corrected chi connectivity index (χ1v) is 10.9. The number of carbonyl (C=O) groups is 2. The number of hydrogen-bond donors (Lipinski definition) is 1. The number of Topliss-reactive ketones (excluding diaryl/α,β-unsaturated/α-hetero) is 1. The molecule has 4 atom stereocenters. The number of primary amides is 1. The number of amides is 1. The van der Waals surface area contributed by atoms with Gasteiger partial charge in [0.15, 0.2) is 11.2 Å². The van der Waals surface area contributed by atoms with Crippen molar-refractivity contribution in [2.24, 2.45) is 11.1 Å². The summed E-state index contributed by atoms with van der Waals surface area (Å²) in [5.41, 5.74) is 6.17. The second kappa shape index (κ2) is 8.08. The molecule has 0 saturated carbocycles. The van der Waals surface area contributed by atoms with Crippen LogP contribution in [0.5, 0.6) is 0 Å². The highest BCUT2D eigenvalue weighted by Crippen LogP contribution is 2.55. The Bertz CT molecular complexity index is 1370. The van der Waals surface area contributed by atoms with Crippen molar-refractivity contribution in [3.8, 4) is 6.07 Å². The molecule has 3 heterocycles. The van der Waals surface area contributed by atoms with Gasteiger partial charge < -0.3 is 10.6 Å². The molecule has 2 aliphatic heterocycles. The minimum atomic E-state index is -1.77. The molecule has 0 spiro atoms. The highest BCUT2D eigenvalue weighted by Gasteiger charge is 2.65. The van der Waals surface area contributed by atoms with Gasteiger partial charge in [0, 0.05) is 40.1 Å². The fourth-order valence-corrected chi connectivity index (χ4v) is 5.31. The van der Waals surface area contributed by atoms with Crippen LogP contribution in [-0.4, -0.2) is 28.8 Å². The summed E-state index contributed by atoms with van der Waals surface area (Å²) in [6, 6.07) is 14.3. The maximum absolute atomic E-state index is 14.0. The van der Waals surface area contributed by atoms with E-state index in [1.807, 2.05) is 0 Å². The monoisotopic (exact) mass is 472 g/mol. The molecule has 168 valence electrons. The van der Waals surface area contributed by atoms with E-state index < -0.39 is 35.1 Å². The van der Waals surface area contributed by atoms with Gasteiger partial charge in [0.25, 0.3) is 0 Å². The van der Waals surface area contributed by atoms with Crippen LogP contribution in [0.2, 0.25) is 5.02 Å². The number of pyridine rings is 1. The summed E-state index contributed by atoms with van der Waals surface area (Å²) in [4.78, 5) is 32.9. The van der Waals surface area contributed by atoms with Crippen LogP contribution in [0.1, 0.15) is 27.4 Å². The molecule has 0 radical (unpaired) electrons. The highest BCUT2D eigenvalue weighted by atomic mass is 35.5. The number of anilines is 1. The average Bonchev–Trinajstić information content (AvgIpc) is 3.16. The molecule has 1 aromatic heterocycles. The summed E-state index contributed by atoms with van der Waals surface area (Å²) in [7, 11) is 0. The second-order valence-electron chi connectivity index (χ2n) is 8.33. The van der Waals surface area contributed by atoms with Crippen molar-refractivity contribution in [2.75, 3.05) is 4.90 Å². The maximum Gasteiger partial charge on any atom is 0.241 e. The Kier molecular flexibility index (Phi) is 5.18. The third-order valence-corrected chi connectivity index (χ3v) is 6.91. The van der Waals surface area contributed by atoms with Gasteiger partial charge in [-0.1, -0.05) is 23.8 Å². The zero-order valence-corrected chi connectivity index (χ0v) is 18.5. The molecule has 1 fully saturated rings. The van der Waals surface area contributed by atoms with Crippen molar-refractivity contribution in [3.05, 3.63) is 101 Å². The standard InChI is InChI=1S/C26H18ClFN4O2/c27-18-4-1-16(2-5-18)24(33)23-22(15-9-11-31-12-10-15)26(14-29,25(30)34)21-8-3-17-13-19(28)6-7-20(17)32(21)23/h1-13,21-23H,(H2,30,34)/t21-,22+,23-,26+/m1/s1. The lowest BCUT2D eigenvalue weighted by Gasteiger charge is -2.36. The van der Waals surface area contributed by atoms with Crippen LogP contribution >= 0.6 is 11.6 Å². The van der Waals surface area contributed by atoms with Gasteiger partial charge in [-0.25, -0.2) is 4.39 Å². The molecule has 0 aliphatic carbocycles. The van der Waals surface area contributed by atoms with Gasteiger partial charge in [0.05, 0.1) is 12.1 Å². The Labute approximate surface area is 200 Å². The van der Waals surface area contributed by atoms with E-state index >= 15 is 0 Å². The Morgan fingerprint density at radius 1 is 1.12 bits per heavy atom. The van der Waals surface area contributed by atoms with E-state index in [1.54, 1.807) is 71.9 Å². The maximum atomic E-state index is 14.0. The summed E-state index contributed by atoms with van der Waals surface area (Å²) >= 11 is 6.02. The zero-order chi connectivity index (χ0) is 24.0. The van der Waals surface area contributed by atoms with E-state index in [0.717, 1.165) is 0 Å². The fraction of sp³-hybridized carbons (Fsp3) is 0.154. The number of hydrogen-bond acceptors (Lipinski definition) is 5. The van der Waals surface area contributed by atoms with Crippen LogP contribution in [0.15, 0.2) is 73.1 Å². The summed E-state index contributed by atoms with van der Waals surface area (Å²) in [6.45, 7) is 0. The summed E-state index contributed by atoms with van der Waals surface area (Å²) < 4.78 is 14.0. The Morgan fingerprint density at radius 3 is 2.47 bits per heavy atom. The van der Waals surface area contributed by atoms with Gasteiger partial charge in [0.1, 0.15) is 11.9 Å². The van der Waals surface area contributed by atoms with E-state index in [0.29, 0.717) is 27.4 Å². The molecular weight excluding hydrogens is 455 g/mol. The largest absolute Gasteiger partial charge is 0.368 e. The summed E-state index contributed by atoms with van der Waals surface area (Å²) in [5, 5.41) is 10.9. The topological polar surface area (TPSA) is 100 Å². The molecule has 8 heteroatoms. The lowest BCUT2D eigenvalue weighted by atomic mass is 9.67. The van der Waals surface area contributed by atoms with Crippen molar-refractivity contribution in [3.63, 3.8) is 0 Å². The third-order valence-electron chi connectivity index (χ3n) is 6.65. The number of ketones is 1. The van der Waals surface area contributed by atoms with E-state index in [9.17, 15) is 19.2 Å². The molecule has 1 saturated heterocycles. The minimum Gasteiger partial charge on any atom is -0.368 e. The molecule has 2 aromatic carbocycles. The SMILES string of the molecule is N#C[C@@]1(C(N)=O)[C@@H](c2ccncc2)[C@H](C(=O)c2ccc(Cl)cc2)N2c3ccc(F)cc3C=C[C@@H]21. The van der Waals surface area contributed by atoms with Gasteiger partial charge in [0.2, 0.25) is 5.91 Å². The number of aromatic nitrogens is 1. The number of fused-ring (bicyclic) bond motifs is 3. The Morgan fingerprint density at radius 2 is 1.82 bits per heavy atom. The van der Waals surface area contributed by atoms with Gasteiger partial charge in [-0.05, 0) is 60.2 Å². The van der Waals surface area contributed by atoms with Gasteiger partial charge >= 0.3 is 0 Å². The highest BCUT2D eigenvalue weighted by molar-refractivity contribution is 6.30. The molecule has 5 rings (SSSR count). The van der Waals surface area contributed by atoms with Crippen LogP contribution in [-0.2, 0) is 4.79 Å². The average molecular weight is 473 g/mol. The van der Waals surface area contributed by atoms with Crippen molar-refractivity contribution in [1.82, 2.24) is 4.98 Å². The predicted molar refractivity (Wildman–Crippen MR) is 125 cm³/mol. The number of halogens is 2. The molecule has 0 bridgehead atoms. The van der Waals surface area contributed by atoms with Gasteiger partial charge in [-0.2, -0.15) is 5.26 Å². The van der Waals surface area contributed by atoms with E-state index in [2.05, 4.69) is 11.1 Å². The van der Waals surface area contributed by atoms with Gasteiger partial charge in [-0.3, -0.25) is 14.6 Å². The number of benzene rings is 2. The Hall–Kier alpha value is -4.02. The van der Waals surface area contributed by atoms with Crippen LogP contribution in [0.3, 0.4) is 0 Å². The first kappa shape index (κ1) is 21.8. The molecule has 34 heavy (non-hydrogen) atoms. The lowest BCUT2D eigenvalue weighted by Crippen LogP contribution is -2.49. The number of carbonyl (C=O) groups excluding carboxylic acids is 2. The quantitative estimate of drug-likeness (QED) is 0.576. The number of nitrogens with zero attached hydrogens (tertiary/aromatic N) is 3. The van der Waals surface area contributed by atoms with E-state index in [-0.39, 0.29) is 5.78 Å². The number of nitriles is 1. The molecule has 0 unspecified atom stereocenters. The molecular formula is C26H18ClFN4O2. The number of nitrogens with two attached hydrogens (primary N) is 1. The van der Waals surface area contributed by atoms with Crippen molar-refractivity contribution >= 4 is 35.1 Å². The molecule has 1 amide bonds. The van der Waals surface area contributed by atoms with E-state index in [4.69, 9.17) is 17.3 Å². The van der Waals surface area contributed by atoms with Crippen LogP contribution in [0.4, 0.5) is 10.1 Å². The number of rotatable bonds is 4. The summed E-state index contributed by atoms with van der Waals surface area (Å²) in [6.07, 6.45) is 6.39. The fourth-order valence-electron chi connectivity index (χ4n) is 5.19. The van der Waals surface area contributed by atoms with Gasteiger partial charge in [-0.15, -0.1) is 0 Å². The van der Waals surface area contributed by atoms with Crippen LogP contribution in [0.25, 0.3) is 6.08 Å². The van der Waals surface area contributed by atoms with Crippen molar-refractivity contribution in [2.45, 2.75) is 18.0 Å². The molecule has 2 N–H and O–H groups in total. The molecule has 2 aliphatic rings. The van der Waals surface area contributed by atoms with E-state index in [1.165, 1.54) is 12.1 Å². The van der Waals surface area contributed by atoms with Crippen molar-refractivity contribution in [1.29, 1.82) is 5.26 Å². The van der Waals surface area contributed by atoms with Crippen LogP contribution < -0.4 is 10.6 Å². The minimum absolute atomic E-state index is 0.313. The normalized spacial score (nSPS) is 24.7. The zero-order valence-electron chi connectivity index (χ0n) is 17.7. The second-order valence-corrected chi connectivity index (χ2v) is 8.77.